The molecule has 154 valence electrons. The molecule has 1 fully saturated rings. The Hall–Kier alpha value is -3.02. The van der Waals surface area contributed by atoms with Crippen LogP contribution < -0.4 is 15.4 Å². The summed E-state index contributed by atoms with van der Waals surface area (Å²) in [4.78, 5) is 18.2. The van der Waals surface area contributed by atoms with Crippen LogP contribution in [0, 0.1) is 6.92 Å². The zero-order chi connectivity index (χ0) is 20.5. The molecule has 1 saturated heterocycles. The number of nitrogens with zero attached hydrogens (tertiary/aromatic N) is 2. The number of aliphatic imine (C=N–C) groups is 1. The van der Waals surface area contributed by atoms with Crippen LogP contribution in [0.2, 0.25) is 0 Å². The van der Waals surface area contributed by atoms with Crippen LogP contribution in [0.1, 0.15) is 29.5 Å². The standard InChI is InChI=1S/C23H30N4O2/c1-18-9-11-21(12-10-18)29-15-13-25-23(24-2)26-16-19-6-3-4-7-20(19)17-27-14-5-8-22(27)28/h3-4,6-7,9-12H,5,8,13-17H2,1-2H3,(H2,24,25,26). The Kier molecular flexibility index (Phi) is 7.50. The second kappa shape index (κ2) is 10.5. The highest BCUT2D eigenvalue weighted by Crippen LogP contribution is 2.17. The van der Waals surface area contributed by atoms with E-state index >= 15 is 0 Å². The van der Waals surface area contributed by atoms with Gasteiger partial charge in [0.15, 0.2) is 5.96 Å². The van der Waals surface area contributed by atoms with E-state index in [1.807, 2.05) is 41.3 Å². The fraction of sp³-hybridized carbons (Fsp3) is 0.391. The first-order chi connectivity index (χ1) is 14.2. The molecule has 0 aliphatic carbocycles. The molecule has 1 heterocycles. The number of carbonyl (C=O) groups excluding carboxylic acids is 1. The number of ether oxygens (including phenoxy) is 1. The molecule has 3 rings (SSSR count). The lowest BCUT2D eigenvalue weighted by atomic mass is 10.1. The lowest BCUT2D eigenvalue weighted by Gasteiger charge is -2.19. The third kappa shape index (κ3) is 6.24. The Balaban J connectivity index is 1.45. The van der Waals surface area contributed by atoms with Crippen LogP contribution >= 0.6 is 0 Å². The first kappa shape index (κ1) is 20.7. The van der Waals surface area contributed by atoms with Gasteiger partial charge in [-0.05, 0) is 36.6 Å². The summed E-state index contributed by atoms with van der Waals surface area (Å²) in [5, 5.41) is 6.62. The Morgan fingerprint density at radius 3 is 2.55 bits per heavy atom. The van der Waals surface area contributed by atoms with Gasteiger partial charge in [-0.15, -0.1) is 0 Å². The number of likely N-dealkylation sites (tertiary alicyclic amines) is 1. The molecule has 0 bridgehead atoms. The van der Waals surface area contributed by atoms with Crippen molar-refractivity contribution >= 4 is 11.9 Å². The minimum Gasteiger partial charge on any atom is -0.492 e. The molecule has 2 N–H and O–H groups in total. The number of hydrogen-bond donors (Lipinski definition) is 2. The van der Waals surface area contributed by atoms with Gasteiger partial charge in [-0.1, -0.05) is 42.0 Å². The van der Waals surface area contributed by atoms with E-state index in [-0.39, 0.29) is 5.91 Å². The van der Waals surface area contributed by atoms with Gasteiger partial charge in [0.25, 0.3) is 0 Å². The number of hydrogen-bond acceptors (Lipinski definition) is 3. The summed E-state index contributed by atoms with van der Waals surface area (Å²) in [6, 6.07) is 16.3. The van der Waals surface area contributed by atoms with Gasteiger partial charge in [-0.3, -0.25) is 9.79 Å². The van der Waals surface area contributed by atoms with Crippen LogP contribution in [-0.4, -0.2) is 43.5 Å². The molecule has 0 radical (unpaired) electrons. The second-order valence-corrected chi connectivity index (χ2v) is 7.20. The van der Waals surface area contributed by atoms with Crippen molar-refractivity contribution in [2.24, 2.45) is 4.99 Å². The molecule has 2 aromatic carbocycles. The number of aryl methyl sites for hydroxylation is 1. The van der Waals surface area contributed by atoms with Gasteiger partial charge in [0.05, 0.1) is 6.54 Å². The van der Waals surface area contributed by atoms with E-state index in [4.69, 9.17) is 4.74 Å². The minimum atomic E-state index is 0.249. The SMILES string of the molecule is CN=C(NCCOc1ccc(C)cc1)NCc1ccccc1CN1CCCC1=O. The molecule has 29 heavy (non-hydrogen) atoms. The largest absolute Gasteiger partial charge is 0.492 e. The molecule has 0 saturated carbocycles. The monoisotopic (exact) mass is 394 g/mol. The van der Waals surface area contributed by atoms with Crippen molar-refractivity contribution in [2.45, 2.75) is 32.9 Å². The van der Waals surface area contributed by atoms with Crippen LogP contribution in [0.4, 0.5) is 0 Å². The lowest BCUT2D eigenvalue weighted by Crippen LogP contribution is -2.39. The smallest absolute Gasteiger partial charge is 0.222 e. The molecular weight excluding hydrogens is 364 g/mol. The fourth-order valence-electron chi connectivity index (χ4n) is 3.33. The van der Waals surface area contributed by atoms with Gasteiger partial charge >= 0.3 is 0 Å². The highest BCUT2D eigenvalue weighted by Gasteiger charge is 2.20. The summed E-state index contributed by atoms with van der Waals surface area (Å²) in [5.74, 6) is 1.84. The van der Waals surface area contributed by atoms with Gasteiger partial charge in [-0.2, -0.15) is 0 Å². The highest BCUT2D eigenvalue weighted by molar-refractivity contribution is 5.79. The van der Waals surface area contributed by atoms with Gasteiger partial charge in [0.2, 0.25) is 5.91 Å². The molecular formula is C23H30N4O2. The van der Waals surface area contributed by atoms with E-state index in [2.05, 4.69) is 34.7 Å². The molecule has 1 aliphatic heterocycles. The molecule has 0 aromatic heterocycles. The van der Waals surface area contributed by atoms with Gasteiger partial charge < -0.3 is 20.3 Å². The van der Waals surface area contributed by atoms with Crippen LogP contribution in [-0.2, 0) is 17.9 Å². The van der Waals surface area contributed by atoms with Crippen molar-refractivity contribution in [2.75, 3.05) is 26.7 Å². The zero-order valence-electron chi connectivity index (χ0n) is 17.3. The van der Waals surface area contributed by atoms with E-state index in [0.717, 1.165) is 24.7 Å². The Bertz CT molecular complexity index is 833. The van der Waals surface area contributed by atoms with Crippen LogP contribution in [0.3, 0.4) is 0 Å². The summed E-state index contributed by atoms with van der Waals surface area (Å²) in [6.45, 7) is 5.44. The summed E-state index contributed by atoms with van der Waals surface area (Å²) >= 11 is 0. The Morgan fingerprint density at radius 1 is 1.10 bits per heavy atom. The molecule has 0 unspecified atom stereocenters. The molecule has 0 atom stereocenters. The fourth-order valence-corrected chi connectivity index (χ4v) is 3.33. The first-order valence-corrected chi connectivity index (χ1v) is 10.1. The van der Waals surface area contributed by atoms with Crippen molar-refractivity contribution in [3.05, 3.63) is 65.2 Å². The minimum absolute atomic E-state index is 0.249. The number of nitrogens with one attached hydrogen (secondary N) is 2. The van der Waals surface area contributed by atoms with Crippen LogP contribution in [0.5, 0.6) is 5.75 Å². The summed E-state index contributed by atoms with van der Waals surface area (Å²) in [6.07, 6.45) is 1.63. The maximum absolute atomic E-state index is 11.9. The normalized spacial score (nSPS) is 14.2. The molecule has 1 aliphatic rings. The van der Waals surface area contributed by atoms with Gasteiger partial charge in [-0.25, -0.2) is 0 Å². The number of carbonyl (C=O) groups is 1. The average Bonchev–Trinajstić information content (AvgIpc) is 3.14. The summed E-state index contributed by atoms with van der Waals surface area (Å²) in [7, 11) is 1.75. The van der Waals surface area contributed by atoms with Gasteiger partial charge in [0.1, 0.15) is 12.4 Å². The predicted molar refractivity (Wildman–Crippen MR) is 116 cm³/mol. The topological polar surface area (TPSA) is 66.0 Å². The maximum Gasteiger partial charge on any atom is 0.222 e. The first-order valence-electron chi connectivity index (χ1n) is 10.1. The number of benzene rings is 2. The molecule has 6 heteroatoms. The quantitative estimate of drug-likeness (QED) is 0.411. The molecule has 0 spiro atoms. The maximum atomic E-state index is 11.9. The number of amides is 1. The van der Waals surface area contributed by atoms with E-state index in [9.17, 15) is 4.79 Å². The third-order valence-electron chi connectivity index (χ3n) is 5.01. The van der Waals surface area contributed by atoms with E-state index in [0.29, 0.717) is 32.7 Å². The number of guanidine groups is 1. The molecule has 6 nitrogen and oxygen atoms in total. The summed E-state index contributed by atoms with van der Waals surface area (Å²) in [5.41, 5.74) is 3.56. The van der Waals surface area contributed by atoms with Crippen molar-refractivity contribution in [3.8, 4) is 5.75 Å². The van der Waals surface area contributed by atoms with Crippen molar-refractivity contribution in [1.29, 1.82) is 0 Å². The highest BCUT2D eigenvalue weighted by atomic mass is 16.5. The van der Waals surface area contributed by atoms with Crippen molar-refractivity contribution in [3.63, 3.8) is 0 Å². The zero-order valence-corrected chi connectivity index (χ0v) is 17.3. The van der Waals surface area contributed by atoms with E-state index < -0.39 is 0 Å². The number of rotatable bonds is 8. The van der Waals surface area contributed by atoms with Crippen LogP contribution in [0.15, 0.2) is 53.5 Å². The third-order valence-corrected chi connectivity index (χ3v) is 5.01. The summed E-state index contributed by atoms with van der Waals surface area (Å²) < 4.78 is 5.74. The van der Waals surface area contributed by atoms with Crippen molar-refractivity contribution in [1.82, 2.24) is 15.5 Å². The van der Waals surface area contributed by atoms with E-state index in [1.165, 1.54) is 16.7 Å². The lowest BCUT2D eigenvalue weighted by molar-refractivity contribution is -0.128. The second-order valence-electron chi connectivity index (χ2n) is 7.20. The molecule has 1 amide bonds. The Morgan fingerprint density at radius 2 is 1.86 bits per heavy atom. The van der Waals surface area contributed by atoms with Crippen molar-refractivity contribution < 1.29 is 9.53 Å². The van der Waals surface area contributed by atoms with E-state index in [1.54, 1.807) is 7.05 Å². The van der Waals surface area contributed by atoms with Crippen LogP contribution in [0.25, 0.3) is 0 Å². The predicted octanol–water partition coefficient (Wildman–Crippen LogP) is 2.86. The Labute approximate surface area is 173 Å². The average molecular weight is 395 g/mol. The van der Waals surface area contributed by atoms with Gasteiger partial charge in [0, 0.05) is 33.1 Å². The molecule has 2 aromatic rings.